The van der Waals surface area contributed by atoms with E-state index in [9.17, 15) is 9.59 Å². The van der Waals surface area contributed by atoms with E-state index in [1.807, 2.05) is 0 Å². The lowest BCUT2D eigenvalue weighted by Crippen LogP contribution is -2.33. The molecule has 1 aliphatic heterocycles. The molecule has 5 nitrogen and oxygen atoms in total. The van der Waals surface area contributed by atoms with Crippen LogP contribution in [0.15, 0.2) is 0 Å². The Hall–Kier alpha value is -1.26. The fourth-order valence-electron chi connectivity index (χ4n) is 2.25. The predicted octanol–water partition coefficient (Wildman–Crippen LogP) is 1.87. The van der Waals surface area contributed by atoms with Gasteiger partial charge in [-0.05, 0) is 19.3 Å². The predicted molar refractivity (Wildman–Crippen MR) is 64.9 cm³/mol. The Morgan fingerprint density at radius 3 is 2.41 bits per heavy atom. The summed E-state index contributed by atoms with van der Waals surface area (Å²) in [5.74, 6) is -0.732. The summed E-state index contributed by atoms with van der Waals surface area (Å²) >= 11 is 0. The van der Waals surface area contributed by atoms with Gasteiger partial charge in [0.2, 0.25) is 0 Å². The average Bonchev–Trinajstić information content (AvgIpc) is 2.59. The monoisotopic (exact) mass is 242 g/mol. The number of nitrogens with one attached hydrogen (secondary N) is 2. The second-order valence-electron chi connectivity index (χ2n) is 4.61. The SMILES string of the molecule is CCCC1NC(=O)NC1CCCCCC(=O)O. The summed E-state index contributed by atoms with van der Waals surface area (Å²) in [6, 6.07) is 0.387. The minimum Gasteiger partial charge on any atom is -0.481 e. The van der Waals surface area contributed by atoms with Crippen molar-refractivity contribution in [2.45, 2.75) is 64.0 Å². The maximum Gasteiger partial charge on any atom is 0.315 e. The van der Waals surface area contributed by atoms with E-state index in [2.05, 4.69) is 17.6 Å². The fraction of sp³-hybridized carbons (Fsp3) is 0.833. The van der Waals surface area contributed by atoms with Gasteiger partial charge in [-0.25, -0.2) is 4.79 Å². The molecular formula is C12H22N2O3. The molecule has 3 N–H and O–H groups in total. The van der Waals surface area contributed by atoms with Crippen molar-refractivity contribution in [1.29, 1.82) is 0 Å². The van der Waals surface area contributed by atoms with Crippen LogP contribution in [0.4, 0.5) is 4.79 Å². The van der Waals surface area contributed by atoms with E-state index in [-0.39, 0.29) is 24.5 Å². The molecule has 5 heteroatoms. The van der Waals surface area contributed by atoms with Crippen molar-refractivity contribution in [1.82, 2.24) is 10.6 Å². The molecule has 17 heavy (non-hydrogen) atoms. The third-order valence-electron chi connectivity index (χ3n) is 3.12. The number of carboxylic acid groups (broad SMARTS) is 1. The molecule has 0 aliphatic carbocycles. The first-order valence-corrected chi connectivity index (χ1v) is 6.42. The van der Waals surface area contributed by atoms with Gasteiger partial charge in [0.25, 0.3) is 0 Å². The van der Waals surface area contributed by atoms with Gasteiger partial charge in [-0.3, -0.25) is 4.79 Å². The molecule has 0 saturated carbocycles. The van der Waals surface area contributed by atoms with E-state index in [4.69, 9.17) is 5.11 Å². The summed E-state index contributed by atoms with van der Waals surface area (Å²) in [6.07, 6.45) is 5.84. The number of carboxylic acids is 1. The number of urea groups is 1. The first-order valence-electron chi connectivity index (χ1n) is 6.42. The van der Waals surface area contributed by atoms with Crippen LogP contribution in [0, 0.1) is 0 Å². The molecule has 2 unspecified atom stereocenters. The molecule has 1 heterocycles. The van der Waals surface area contributed by atoms with E-state index >= 15 is 0 Å². The van der Waals surface area contributed by atoms with Crippen LogP contribution >= 0.6 is 0 Å². The molecule has 1 aliphatic rings. The zero-order valence-corrected chi connectivity index (χ0v) is 10.4. The second kappa shape index (κ2) is 7.14. The summed E-state index contributed by atoms with van der Waals surface area (Å²) in [4.78, 5) is 21.5. The Labute approximate surface area is 102 Å². The van der Waals surface area contributed by atoms with Crippen LogP contribution in [0.2, 0.25) is 0 Å². The van der Waals surface area contributed by atoms with Crippen molar-refractivity contribution < 1.29 is 14.7 Å². The van der Waals surface area contributed by atoms with Gasteiger partial charge in [0.1, 0.15) is 0 Å². The van der Waals surface area contributed by atoms with E-state index in [1.54, 1.807) is 0 Å². The van der Waals surface area contributed by atoms with Crippen molar-refractivity contribution in [3.05, 3.63) is 0 Å². The van der Waals surface area contributed by atoms with E-state index in [1.165, 1.54) is 0 Å². The maximum atomic E-state index is 11.2. The first-order chi connectivity index (χ1) is 8.13. The summed E-state index contributed by atoms with van der Waals surface area (Å²) < 4.78 is 0. The van der Waals surface area contributed by atoms with E-state index in [0.29, 0.717) is 0 Å². The Kier molecular flexibility index (Phi) is 5.80. The van der Waals surface area contributed by atoms with E-state index in [0.717, 1.165) is 38.5 Å². The summed E-state index contributed by atoms with van der Waals surface area (Å²) in [5, 5.41) is 14.3. The Bertz CT molecular complexity index is 268. The van der Waals surface area contributed by atoms with Gasteiger partial charge in [-0.2, -0.15) is 0 Å². The number of aliphatic carboxylic acids is 1. The van der Waals surface area contributed by atoms with Crippen LogP contribution in [0.5, 0.6) is 0 Å². The number of carbonyl (C=O) groups excluding carboxylic acids is 1. The van der Waals surface area contributed by atoms with Gasteiger partial charge in [-0.15, -0.1) is 0 Å². The van der Waals surface area contributed by atoms with Crippen LogP contribution in [-0.4, -0.2) is 29.2 Å². The zero-order valence-electron chi connectivity index (χ0n) is 10.4. The van der Waals surface area contributed by atoms with Gasteiger partial charge >= 0.3 is 12.0 Å². The topological polar surface area (TPSA) is 78.4 Å². The fourth-order valence-corrected chi connectivity index (χ4v) is 2.25. The zero-order chi connectivity index (χ0) is 12.7. The molecule has 0 bridgehead atoms. The smallest absolute Gasteiger partial charge is 0.315 e. The van der Waals surface area contributed by atoms with Crippen molar-refractivity contribution in [2.24, 2.45) is 0 Å². The van der Waals surface area contributed by atoms with Crippen molar-refractivity contribution >= 4 is 12.0 Å². The molecule has 1 rings (SSSR count). The summed E-state index contributed by atoms with van der Waals surface area (Å²) in [6.45, 7) is 2.11. The molecular weight excluding hydrogens is 220 g/mol. The maximum absolute atomic E-state index is 11.2. The molecule has 1 fully saturated rings. The molecule has 98 valence electrons. The number of hydrogen-bond acceptors (Lipinski definition) is 2. The lowest BCUT2D eigenvalue weighted by atomic mass is 9.99. The van der Waals surface area contributed by atoms with Gasteiger partial charge in [0.05, 0.1) is 12.1 Å². The van der Waals surface area contributed by atoms with Crippen molar-refractivity contribution in [3.63, 3.8) is 0 Å². The highest BCUT2D eigenvalue weighted by Crippen LogP contribution is 2.15. The number of hydrogen-bond donors (Lipinski definition) is 3. The molecule has 0 aromatic heterocycles. The highest BCUT2D eigenvalue weighted by molar-refractivity contribution is 5.77. The second-order valence-corrected chi connectivity index (χ2v) is 4.61. The van der Waals surface area contributed by atoms with Crippen LogP contribution in [0.25, 0.3) is 0 Å². The standard InChI is InChI=1S/C12H22N2O3/c1-2-6-9-10(14-12(17)13-9)7-4-3-5-8-11(15)16/h9-10H,2-8H2,1H3,(H,15,16)(H2,13,14,17). The number of rotatable bonds is 8. The molecule has 2 amide bonds. The minimum absolute atomic E-state index is 0.0704. The highest BCUT2D eigenvalue weighted by Gasteiger charge is 2.29. The van der Waals surface area contributed by atoms with Gasteiger partial charge in [0, 0.05) is 6.42 Å². The van der Waals surface area contributed by atoms with E-state index < -0.39 is 5.97 Å². The van der Waals surface area contributed by atoms with Gasteiger partial charge in [-0.1, -0.05) is 26.2 Å². The molecule has 1 saturated heterocycles. The molecule has 0 spiro atoms. The summed E-state index contributed by atoms with van der Waals surface area (Å²) in [5.41, 5.74) is 0. The Balaban J connectivity index is 2.16. The number of amides is 2. The van der Waals surface area contributed by atoms with Crippen LogP contribution in [0.1, 0.15) is 51.9 Å². The average molecular weight is 242 g/mol. The third-order valence-corrected chi connectivity index (χ3v) is 3.12. The van der Waals surface area contributed by atoms with Crippen LogP contribution in [-0.2, 0) is 4.79 Å². The largest absolute Gasteiger partial charge is 0.481 e. The minimum atomic E-state index is -0.732. The van der Waals surface area contributed by atoms with Crippen molar-refractivity contribution in [2.75, 3.05) is 0 Å². The molecule has 0 aromatic carbocycles. The quantitative estimate of drug-likeness (QED) is 0.568. The van der Waals surface area contributed by atoms with Crippen molar-refractivity contribution in [3.8, 4) is 0 Å². The normalized spacial score (nSPS) is 23.2. The third kappa shape index (κ3) is 5.06. The lowest BCUT2D eigenvalue weighted by molar-refractivity contribution is -0.137. The summed E-state index contributed by atoms with van der Waals surface area (Å²) in [7, 11) is 0. The lowest BCUT2D eigenvalue weighted by Gasteiger charge is -2.17. The first kappa shape index (κ1) is 13.8. The Morgan fingerprint density at radius 2 is 1.82 bits per heavy atom. The number of carbonyl (C=O) groups is 2. The van der Waals surface area contributed by atoms with Crippen LogP contribution in [0.3, 0.4) is 0 Å². The molecule has 2 atom stereocenters. The Morgan fingerprint density at radius 1 is 1.18 bits per heavy atom. The van der Waals surface area contributed by atoms with Gasteiger partial charge in [0.15, 0.2) is 0 Å². The highest BCUT2D eigenvalue weighted by atomic mass is 16.4. The van der Waals surface area contributed by atoms with Crippen LogP contribution < -0.4 is 10.6 Å². The number of unbranched alkanes of at least 4 members (excludes halogenated alkanes) is 2. The van der Waals surface area contributed by atoms with Gasteiger partial charge < -0.3 is 15.7 Å². The molecule has 0 aromatic rings. The molecule has 0 radical (unpaired) electrons.